The summed E-state index contributed by atoms with van der Waals surface area (Å²) < 4.78 is 2.37. The van der Waals surface area contributed by atoms with Gasteiger partial charge in [0.1, 0.15) is 0 Å². The van der Waals surface area contributed by atoms with E-state index >= 15 is 0 Å². The molecule has 0 unspecified atom stereocenters. The van der Waals surface area contributed by atoms with Crippen LogP contribution in [0.2, 0.25) is 0 Å². The molecule has 2 aromatic rings. The Kier molecular flexibility index (Phi) is 3.58. The van der Waals surface area contributed by atoms with Gasteiger partial charge >= 0.3 is 0 Å². The minimum atomic E-state index is 1.04. The third-order valence-electron chi connectivity index (χ3n) is 4.06. The van der Waals surface area contributed by atoms with Crippen LogP contribution in [-0.2, 0) is 13.1 Å². The molecule has 0 saturated carbocycles. The molecule has 2 heterocycles. The molecule has 1 saturated heterocycles. The topological polar surface area (TPSA) is 20.2 Å². The lowest BCUT2D eigenvalue weighted by Crippen LogP contribution is -2.42. The number of hydrogen-bond donors (Lipinski definition) is 1. The second-order valence-corrected chi connectivity index (χ2v) is 5.49. The number of aryl methyl sites for hydroxylation is 2. The van der Waals surface area contributed by atoms with Gasteiger partial charge in [-0.3, -0.25) is 4.90 Å². The molecule has 0 atom stereocenters. The zero-order valence-corrected chi connectivity index (χ0v) is 11.9. The molecule has 0 spiro atoms. The van der Waals surface area contributed by atoms with Gasteiger partial charge in [0.15, 0.2) is 0 Å². The molecule has 1 fully saturated rings. The standard InChI is InChI=1S/C16H23N3/c1-3-19-12-14(11-18-8-6-17-7-9-18)15-10-13(2)4-5-16(15)19/h4-5,10,12,17H,3,6-9,11H2,1-2H3. The van der Waals surface area contributed by atoms with Crippen LogP contribution < -0.4 is 5.32 Å². The second-order valence-electron chi connectivity index (χ2n) is 5.49. The number of hydrogen-bond acceptors (Lipinski definition) is 2. The van der Waals surface area contributed by atoms with Gasteiger partial charge in [-0.15, -0.1) is 0 Å². The molecule has 19 heavy (non-hydrogen) atoms. The minimum absolute atomic E-state index is 1.04. The van der Waals surface area contributed by atoms with Crippen molar-refractivity contribution in [2.75, 3.05) is 26.2 Å². The van der Waals surface area contributed by atoms with Gasteiger partial charge in [-0.05, 0) is 31.5 Å². The number of nitrogens with zero attached hydrogens (tertiary/aromatic N) is 2. The summed E-state index contributed by atoms with van der Waals surface area (Å²) in [5, 5.41) is 4.85. The van der Waals surface area contributed by atoms with Gasteiger partial charge in [-0.2, -0.15) is 0 Å². The van der Waals surface area contributed by atoms with E-state index in [2.05, 4.69) is 53.0 Å². The van der Waals surface area contributed by atoms with E-state index in [-0.39, 0.29) is 0 Å². The van der Waals surface area contributed by atoms with Crippen LogP contribution in [0.5, 0.6) is 0 Å². The molecule has 1 aliphatic rings. The summed E-state index contributed by atoms with van der Waals surface area (Å²) in [6.07, 6.45) is 2.34. The fraction of sp³-hybridized carbons (Fsp3) is 0.500. The molecule has 1 aromatic carbocycles. The van der Waals surface area contributed by atoms with Crippen LogP contribution in [-0.4, -0.2) is 35.6 Å². The van der Waals surface area contributed by atoms with Crippen LogP contribution in [0, 0.1) is 6.92 Å². The predicted molar refractivity (Wildman–Crippen MR) is 80.5 cm³/mol. The van der Waals surface area contributed by atoms with Crippen LogP contribution in [0.1, 0.15) is 18.1 Å². The Balaban J connectivity index is 1.95. The molecule has 3 nitrogen and oxygen atoms in total. The summed E-state index contributed by atoms with van der Waals surface area (Å²) in [6.45, 7) is 11.1. The highest BCUT2D eigenvalue weighted by atomic mass is 15.2. The number of fused-ring (bicyclic) bond motifs is 1. The quantitative estimate of drug-likeness (QED) is 0.911. The van der Waals surface area contributed by atoms with Crippen LogP contribution in [0.25, 0.3) is 10.9 Å². The van der Waals surface area contributed by atoms with Gasteiger partial charge in [0, 0.05) is 56.4 Å². The average Bonchev–Trinajstić information content (AvgIpc) is 2.77. The van der Waals surface area contributed by atoms with Crippen molar-refractivity contribution in [3.8, 4) is 0 Å². The Hall–Kier alpha value is -1.32. The first kappa shape index (κ1) is 12.7. The van der Waals surface area contributed by atoms with E-state index in [1.165, 1.54) is 22.0 Å². The summed E-state index contributed by atoms with van der Waals surface area (Å²) in [5.41, 5.74) is 4.20. The van der Waals surface area contributed by atoms with E-state index in [1.807, 2.05) is 0 Å². The van der Waals surface area contributed by atoms with Gasteiger partial charge in [0.2, 0.25) is 0 Å². The smallest absolute Gasteiger partial charge is 0.0483 e. The Morgan fingerprint density at radius 1 is 1.21 bits per heavy atom. The summed E-state index contributed by atoms with van der Waals surface area (Å²) in [7, 11) is 0. The van der Waals surface area contributed by atoms with E-state index < -0.39 is 0 Å². The van der Waals surface area contributed by atoms with Crippen LogP contribution >= 0.6 is 0 Å². The third kappa shape index (κ3) is 2.53. The van der Waals surface area contributed by atoms with Gasteiger partial charge in [-0.25, -0.2) is 0 Å². The molecule has 3 heteroatoms. The van der Waals surface area contributed by atoms with E-state index in [0.29, 0.717) is 0 Å². The molecule has 1 aromatic heterocycles. The summed E-state index contributed by atoms with van der Waals surface area (Å²) in [4.78, 5) is 2.55. The molecule has 102 valence electrons. The first-order chi connectivity index (χ1) is 9.28. The average molecular weight is 257 g/mol. The predicted octanol–water partition coefficient (Wildman–Crippen LogP) is 2.37. The second kappa shape index (κ2) is 5.35. The maximum Gasteiger partial charge on any atom is 0.0483 e. The number of piperazine rings is 1. The molecular weight excluding hydrogens is 234 g/mol. The molecule has 3 rings (SSSR count). The van der Waals surface area contributed by atoms with Crippen LogP contribution in [0.4, 0.5) is 0 Å². The van der Waals surface area contributed by atoms with Crippen molar-refractivity contribution in [2.24, 2.45) is 0 Å². The Morgan fingerprint density at radius 3 is 2.74 bits per heavy atom. The zero-order chi connectivity index (χ0) is 13.2. The van der Waals surface area contributed by atoms with Crippen molar-refractivity contribution < 1.29 is 0 Å². The first-order valence-corrected chi connectivity index (χ1v) is 7.29. The lowest BCUT2D eigenvalue weighted by Gasteiger charge is -2.26. The maximum atomic E-state index is 3.42. The summed E-state index contributed by atoms with van der Waals surface area (Å²) >= 11 is 0. The van der Waals surface area contributed by atoms with Gasteiger partial charge in [0.25, 0.3) is 0 Å². The lowest BCUT2D eigenvalue weighted by atomic mass is 10.1. The molecule has 1 N–H and O–H groups in total. The molecule has 0 bridgehead atoms. The maximum absolute atomic E-state index is 3.42. The molecular formula is C16H23N3. The molecule has 1 aliphatic heterocycles. The van der Waals surface area contributed by atoms with Crippen LogP contribution in [0.15, 0.2) is 24.4 Å². The van der Waals surface area contributed by atoms with E-state index in [4.69, 9.17) is 0 Å². The fourth-order valence-corrected chi connectivity index (χ4v) is 2.98. The van der Waals surface area contributed by atoms with Gasteiger partial charge in [0.05, 0.1) is 0 Å². The van der Waals surface area contributed by atoms with Crippen molar-refractivity contribution >= 4 is 10.9 Å². The monoisotopic (exact) mass is 257 g/mol. The van der Waals surface area contributed by atoms with Crippen molar-refractivity contribution in [3.63, 3.8) is 0 Å². The number of rotatable bonds is 3. The van der Waals surface area contributed by atoms with Gasteiger partial charge in [-0.1, -0.05) is 11.6 Å². The molecule has 0 aliphatic carbocycles. The normalized spacial score (nSPS) is 17.2. The fourth-order valence-electron chi connectivity index (χ4n) is 2.98. The lowest BCUT2D eigenvalue weighted by molar-refractivity contribution is 0.234. The number of aromatic nitrogens is 1. The van der Waals surface area contributed by atoms with E-state index in [0.717, 1.165) is 39.3 Å². The highest BCUT2D eigenvalue weighted by molar-refractivity contribution is 5.84. The van der Waals surface area contributed by atoms with Crippen molar-refractivity contribution in [3.05, 3.63) is 35.5 Å². The van der Waals surface area contributed by atoms with Crippen molar-refractivity contribution in [1.29, 1.82) is 0 Å². The Bertz CT molecular complexity index is 565. The Labute approximate surface area is 115 Å². The van der Waals surface area contributed by atoms with Crippen molar-refractivity contribution in [2.45, 2.75) is 26.9 Å². The highest BCUT2D eigenvalue weighted by Gasteiger charge is 2.14. The number of nitrogens with one attached hydrogen (secondary N) is 1. The minimum Gasteiger partial charge on any atom is -0.347 e. The molecule has 0 amide bonds. The highest BCUT2D eigenvalue weighted by Crippen LogP contribution is 2.24. The largest absolute Gasteiger partial charge is 0.347 e. The summed E-state index contributed by atoms with van der Waals surface area (Å²) in [6, 6.07) is 6.80. The van der Waals surface area contributed by atoms with Crippen LogP contribution in [0.3, 0.4) is 0 Å². The van der Waals surface area contributed by atoms with Crippen molar-refractivity contribution in [1.82, 2.24) is 14.8 Å². The summed E-state index contributed by atoms with van der Waals surface area (Å²) in [5.74, 6) is 0. The third-order valence-corrected chi connectivity index (χ3v) is 4.06. The SMILES string of the molecule is CCn1cc(CN2CCNCC2)c2cc(C)ccc21. The number of benzene rings is 1. The Morgan fingerprint density at radius 2 is 2.00 bits per heavy atom. The van der Waals surface area contributed by atoms with E-state index in [9.17, 15) is 0 Å². The van der Waals surface area contributed by atoms with E-state index in [1.54, 1.807) is 0 Å². The first-order valence-electron chi connectivity index (χ1n) is 7.29. The van der Waals surface area contributed by atoms with Gasteiger partial charge < -0.3 is 9.88 Å². The molecule has 0 radical (unpaired) electrons. The zero-order valence-electron chi connectivity index (χ0n) is 11.9.